The van der Waals surface area contributed by atoms with Crippen LogP contribution in [0.3, 0.4) is 0 Å². The number of carbonyl (C=O) groups is 1. The van der Waals surface area contributed by atoms with Crippen LogP contribution in [0.25, 0.3) is 0 Å². The summed E-state index contributed by atoms with van der Waals surface area (Å²) in [4.78, 5) is 13.8. The van der Waals surface area contributed by atoms with Crippen molar-refractivity contribution in [1.82, 2.24) is 4.90 Å². The maximum absolute atomic E-state index is 13.7. The van der Waals surface area contributed by atoms with Crippen molar-refractivity contribution in [1.29, 1.82) is 0 Å². The average Bonchev–Trinajstić information content (AvgIpc) is 2.54. The van der Waals surface area contributed by atoms with E-state index in [1.54, 1.807) is 24.1 Å². The van der Waals surface area contributed by atoms with Gasteiger partial charge in [0.2, 0.25) is 5.91 Å². The van der Waals surface area contributed by atoms with Gasteiger partial charge in [-0.05, 0) is 41.8 Å². The second kappa shape index (κ2) is 7.97. The van der Waals surface area contributed by atoms with E-state index >= 15 is 0 Å². The van der Waals surface area contributed by atoms with Crippen molar-refractivity contribution in [2.75, 3.05) is 14.2 Å². The van der Waals surface area contributed by atoms with Gasteiger partial charge in [0.15, 0.2) is 11.6 Å². The van der Waals surface area contributed by atoms with Crippen LogP contribution in [0.15, 0.2) is 42.5 Å². The first-order valence-corrected chi connectivity index (χ1v) is 7.68. The highest BCUT2D eigenvalue weighted by molar-refractivity contribution is 6.30. The van der Waals surface area contributed by atoms with Gasteiger partial charge in [-0.1, -0.05) is 29.8 Å². The molecule has 0 aromatic heterocycles. The first-order chi connectivity index (χ1) is 11.0. The zero-order chi connectivity index (χ0) is 16.8. The molecule has 0 aliphatic carbocycles. The maximum Gasteiger partial charge on any atom is 0.222 e. The molecule has 1 amide bonds. The van der Waals surface area contributed by atoms with Crippen molar-refractivity contribution in [2.24, 2.45) is 0 Å². The Labute approximate surface area is 140 Å². The fourth-order valence-corrected chi connectivity index (χ4v) is 2.39. The summed E-state index contributed by atoms with van der Waals surface area (Å²) in [6.45, 7) is 0.361. The number of carbonyl (C=O) groups excluding carboxylic acids is 1. The number of halogens is 2. The topological polar surface area (TPSA) is 29.5 Å². The number of nitrogens with zero attached hydrogens (tertiary/aromatic N) is 1. The van der Waals surface area contributed by atoms with E-state index in [1.165, 1.54) is 13.2 Å². The summed E-state index contributed by atoms with van der Waals surface area (Å²) in [6.07, 6.45) is 1.05. The number of aryl methyl sites for hydroxylation is 1. The van der Waals surface area contributed by atoms with E-state index < -0.39 is 5.82 Å². The third-order valence-electron chi connectivity index (χ3n) is 3.60. The van der Waals surface area contributed by atoms with Gasteiger partial charge in [0.25, 0.3) is 0 Å². The molecule has 23 heavy (non-hydrogen) atoms. The number of hydrogen-bond acceptors (Lipinski definition) is 2. The lowest BCUT2D eigenvalue weighted by molar-refractivity contribution is -0.130. The molecule has 0 saturated heterocycles. The molecule has 0 radical (unpaired) electrons. The number of rotatable bonds is 6. The van der Waals surface area contributed by atoms with Crippen molar-refractivity contribution < 1.29 is 13.9 Å². The van der Waals surface area contributed by atoms with E-state index in [-0.39, 0.29) is 11.7 Å². The molecule has 0 unspecified atom stereocenters. The van der Waals surface area contributed by atoms with Crippen molar-refractivity contribution in [3.05, 3.63) is 64.4 Å². The van der Waals surface area contributed by atoms with E-state index in [9.17, 15) is 9.18 Å². The molecule has 0 heterocycles. The van der Waals surface area contributed by atoms with E-state index in [0.717, 1.165) is 11.1 Å². The molecule has 5 heteroatoms. The number of amides is 1. The SMILES string of the molecule is COc1ccc(CN(C)C(=O)CCc2ccc(Cl)cc2)cc1F. The Balaban J connectivity index is 1.89. The summed E-state index contributed by atoms with van der Waals surface area (Å²) in [6, 6.07) is 12.2. The van der Waals surface area contributed by atoms with Gasteiger partial charge in [-0.2, -0.15) is 0 Å². The van der Waals surface area contributed by atoms with Crippen LogP contribution >= 0.6 is 11.6 Å². The van der Waals surface area contributed by atoms with Crippen LogP contribution in [0.1, 0.15) is 17.5 Å². The molecule has 0 bridgehead atoms. The van der Waals surface area contributed by atoms with Crippen molar-refractivity contribution in [3.63, 3.8) is 0 Å². The molecular formula is C18H19ClFNO2. The van der Waals surface area contributed by atoms with Crippen LogP contribution in [0.2, 0.25) is 5.02 Å². The van der Waals surface area contributed by atoms with E-state index in [1.807, 2.05) is 24.3 Å². The summed E-state index contributed by atoms with van der Waals surface area (Å²) in [5.41, 5.74) is 1.79. The molecule has 0 saturated carbocycles. The standard InChI is InChI=1S/C18H19ClFNO2/c1-21(12-14-5-9-17(23-2)16(20)11-14)18(22)10-6-13-3-7-15(19)8-4-13/h3-5,7-9,11H,6,10,12H2,1-2H3. The minimum absolute atomic E-state index is 0.0103. The van der Waals surface area contributed by atoms with Crippen molar-refractivity contribution in [3.8, 4) is 5.75 Å². The number of ether oxygens (including phenoxy) is 1. The molecule has 0 fully saturated rings. The van der Waals surface area contributed by atoms with Gasteiger partial charge < -0.3 is 9.64 Å². The minimum Gasteiger partial charge on any atom is -0.494 e. The summed E-state index contributed by atoms with van der Waals surface area (Å²) in [5.74, 6) is -0.214. The van der Waals surface area contributed by atoms with Crippen molar-refractivity contribution >= 4 is 17.5 Å². The van der Waals surface area contributed by atoms with Crippen LogP contribution in [0.5, 0.6) is 5.75 Å². The average molecular weight is 336 g/mol. The third kappa shape index (κ3) is 4.96. The smallest absolute Gasteiger partial charge is 0.222 e. The predicted molar refractivity (Wildman–Crippen MR) is 89.2 cm³/mol. The second-order valence-corrected chi connectivity index (χ2v) is 5.78. The Kier molecular flexibility index (Phi) is 5.99. The molecule has 2 aromatic rings. The van der Waals surface area contributed by atoms with Gasteiger partial charge in [-0.25, -0.2) is 4.39 Å². The Morgan fingerprint density at radius 1 is 1.17 bits per heavy atom. The Morgan fingerprint density at radius 2 is 1.83 bits per heavy atom. The molecule has 0 aliphatic rings. The van der Waals surface area contributed by atoms with Gasteiger partial charge in [0.05, 0.1) is 7.11 Å². The second-order valence-electron chi connectivity index (χ2n) is 5.35. The summed E-state index contributed by atoms with van der Waals surface area (Å²) < 4.78 is 18.5. The van der Waals surface area contributed by atoms with Crippen LogP contribution < -0.4 is 4.74 Å². The Bertz CT molecular complexity index is 673. The van der Waals surface area contributed by atoms with Crippen LogP contribution in [-0.2, 0) is 17.8 Å². The lowest BCUT2D eigenvalue weighted by Gasteiger charge is -2.17. The Hall–Kier alpha value is -2.07. The highest BCUT2D eigenvalue weighted by atomic mass is 35.5. The molecule has 2 aromatic carbocycles. The fourth-order valence-electron chi connectivity index (χ4n) is 2.26. The maximum atomic E-state index is 13.7. The normalized spacial score (nSPS) is 10.4. The highest BCUT2D eigenvalue weighted by Gasteiger charge is 2.11. The van der Waals surface area contributed by atoms with E-state index in [0.29, 0.717) is 24.4 Å². The minimum atomic E-state index is -0.424. The molecular weight excluding hydrogens is 317 g/mol. The van der Waals surface area contributed by atoms with Crippen LogP contribution in [0.4, 0.5) is 4.39 Å². The van der Waals surface area contributed by atoms with Crippen LogP contribution in [-0.4, -0.2) is 25.0 Å². The number of methoxy groups -OCH3 is 1. The lowest BCUT2D eigenvalue weighted by Crippen LogP contribution is -2.26. The molecule has 2 rings (SSSR count). The summed E-state index contributed by atoms with van der Waals surface area (Å²) >= 11 is 5.83. The van der Waals surface area contributed by atoms with Gasteiger partial charge in [-0.15, -0.1) is 0 Å². The molecule has 122 valence electrons. The van der Waals surface area contributed by atoms with E-state index in [4.69, 9.17) is 16.3 Å². The quantitative estimate of drug-likeness (QED) is 0.796. The number of benzene rings is 2. The zero-order valence-electron chi connectivity index (χ0n) is 13.2. The van der Waals surface area contributed by atoms with Gasteiger partial charge in [-0.3, -0.25) is 4.79 Å². The van der Waals surface area contributed by atoms with Gasteiger partial charge >= 0.3 is 0 Å². The highest BCUT2D eigenvalue weighted by Crippen LogP contribution is 2.19. The largest absolute Gasteiger partial charge is 0.494 e. The first-order valence-electron chi connectivity index (χ1n) is 7.30. The third-order valence-corrected chi connectivity index (χ3v) is 3.85. The van der Waals surface area contributed by atoms with Gasteiger partial charge in [0.1, 0.15) is 0 Å². The lowest BCUT2D eigenvalue weighted by atomic mass is 10.1. The monoisotopic (exact) mass is 335 g/mol. The fraction of sp³-hybridized carbons (Fsp3) is 0.278. The molecule has 0 N–H and O–H groups in total. The summed E-state index contributed by atoms with van der Waals surface area (Å²) in [5, 5.41) is 0.679. The Morgan fingerprint density at radius 3 is 2.43 bits per heavy atom. The first kappa shape index (κ1) is 17.3. The molecule has 0 aliphatic heterocycles. The van der Waals surface area contributed by atoms with E-state index in [2.05, 4.69) is 0 Å². The van der Waals surface area contributed by atoms with Gasteiger partial charge in [0, 0.05) is 25.0 Å². The molecule has 3 nitrogen and oxygen atoms in total. The molecule has 0 atom stereocenters. The predicted octanol–water partition coefficient (Wildman–Crippen LogP) is 4.08. The number of hydrogen-bond donors (Lipinski definition) is 0. The summed E-state index contributed by atoms with van der Waals surface area (Å²) in [7, 11) is 3.14. The van der Waals surface area contributed by atoms with Crippen LogP contribution in [0, 0.1) is 5.82 Å². The molecule has 0 spiro atoms. The zero-order valence-corrected chi connectivity index (χ0v) is 13.9. The van der Waals surface area contributed by atoms with Crippen molar-refractivity contribution in [2.45, 2.75) is 19.4 Å².